The molecule has 0 aromatic heterocycles. The van der Waals surface area contributed by atoms with E-state index in [0.29, 0.717) is 12.1 Å². The zero-order valence-corrected chi connectivity index (χ0v) is 11.6. The summed E-state index contributed by atoms with van der Waals surface area (Å²) in [5, 5.41) is 2.78. The molecule has 1 aromatic carbocycles. The van der Waals surface area contributed by atoms with E-state index in [2.05, 4.69) is 5.32 Å². The van der Waals surface area contributed by atoms with Crippen LogP contribution in [0, 0.1) is 5.92 Å². The summed E-state index contributed by atoms with van der Waals surface area (Å²) in [7, 11) is 0. The Hall–Kier alpha value is -1.75. The van der Waals surface area contributed by atoms with Gasteiger partial charge in [-0.1, -0.05) is 38.0 Å². The maximum Gasteiger partial charge on any atom is 0.245 e. The van der Waals surface area contributed by atoms with Gasteiger partial charge in [-0.25, -0.2) is 0 Å². The number of para-hydroxylation sites is 1. The van der Waals surface area contributed by atoms with E-state index in [1.54, 1.807) is 12.1 Å². The number of benzene rings is 1. The summed E-state index contributed by atoms with van der Waals surface area (Å²) in [6.45, 7) is 2.03. The number of nitrogens with zero attached hydrogens (tertiary/aromatic N) is 1. The molecule has 1 atom stereocenters. The average Bonchev–Trinajstić information content (AvgIpc) is 2.39. The van der Waals surface area contributed by atoms with Crippen molar-refractivity contribution < 1.29 is 9.59 Å². The molecule has 1 N–H and O–H groups in total. The number of amides is 2. The molecule has 2 amide bonds. The highest BCUT2D eigenvalue weighted by atomic mass is 32.1. The first-order valence-electron chi connectivity index (χ1n) is 6.39. The van der Waals surface area contributed by atoms with Gasteiger partial charge in [0.1, 0.15) is 5.92 Å². The van der Waals surface area contributed by atoms with E-state index >= 15 is 0 Å². The fraction of sp³-hybridized carbons (Fsp3) is 0.357. The number of hydrogen-bond acceptors (Lipinski definition) is 3. The van der Waals surface area contributed by atoms with Gasteiger partial charge in [0.15, 0.2) is 5.11 Å². The van der Waals surface area contributed by atoms with Gasteiger partial charge in [0.25, 0.3) is 0 Å². The van der Waals surface area contributed by atoms with E-state index in [4.69, 9.17) is 12.2 Å². The SMILES string of the molecule is CCCC[C@H]1C(=O)NC(=S)N(c2ccccc2)C1=O. The Balaban J connectivity index is 2.26. The first kappa shape index (κ1) is 13.7. The van der Waals surface area contributed by atoms with E-state index in [1.165, 1.54) is 4.90 Å². The highest BCUT2D eigenvalue weighted by Gasteiger charge is 2.38. The van der Waals surface area contributed by atoms with Crippen molar-refractivity contribution in [1.29, 1.82) is 0 Å². The summed E-state index contributed by atoms with van der Waals surface area (Å²) in [6, 6.07) is 9.15. The molecular formula is C14H16N2O2S. The quantitative estimate of drug-likeness (QED) is 0.678. The van der Waals surface area contributed by atoms with Gasteiger partial charge in [0, 0.05) is 0 Å². The maximum absolute atomic E-state index is 12.4. The van der Waals surface area contributed by atoms with Gasteiger partial charge in [-0.3, -0.25) is 14.5 Å². The molecule has 1 fully saturated rings. The van der Waals surface area contributed by atoms with E-state index in [-0.39, 0.29) is 16.9 Å². The second-order valence-electron chi connectivity index (χ2n) is 4.50. The number of hydrogen-bond donors (Lipinski definition) is 1. The summed E-state index contributed by atoms with van der Waals surface area (Å²) < 4.78 is 0. The minimum atomic E-state index is -0.633. The van der Waals surface area contributed by atoms with Gasteiger partial charge in [-0.15, -0.1) is 0 Å². The number of rotatable bonds is 4. The Bertz CT molecular complexity index is 501. The van der Waals surface area contributed by atoms with Crippen molar-refractivity contribution in [2.75, 3.05) is 4.90 Å². The van der Waals surface area contributed by atoms with Crippen molar-refractivity contribution in [2.24, 2.45) is 5.92 Å². The van der Waals surface area contributed by atoms with Crippen LogP contribution < -0.4 is 10.2 Å². The standard InChI is InChI=1S/C14H16N2O2S/c1-2-3-9-11-12(17)15-14(19)16(13(11)18)10-7-5-4-6-8-10/h4-8,11H,2-3,9H2,1H3,(H,15,17,19)/t11-/m0/s1. The van der Waals surface area contributed by atoms with Crippen molar-refractivity contribution in [3.63, 3.8) is 0 Å². The molecule has 1 aliphatic heterocycles. The molecule has 5 heteroatoms. The van der Waals surface area contributed by atoms with E-state index in [1.807, 2.05) is 25.1 Å². The van der Waals surface area contributed by atoms with Gasteiger partial charge in [-0.2, -0.15) is 0 Å². The van der Waals surface area contributed by atoms with Crippen LogP contribution in [0.2, 0.25) is 0 Å². The van der Waals surface area contributed by atoms with Gasteiger partial charge < -0.3 is 5.32 Å². The van der Waals surface area contributed by atoms with Crippen molar-refractivity contribution >= 4 is 34.8 Å². The summed E-state index contributed by atoms with van der Waals surface area (Å²) in [4.78, 5) is 25.7. The molecule has 1 aromatic rings. The molecule has 1 saturated heterocycles. The Morgan fingerprint density at radius 1 is 1.26 bits per heavy atom. The molecule has 19 heavy (non-hydrogen) atoms. The smallest absolute Gasteiger partial charge is 0.245 e. The number of unbranched alkanes of at least 4 members (excludes halogenated alkanes) is 1. The predicted molar refractivity (Wildman–Crippen MR) is 77.7 cm³/mol. The lowest BCUT2D eigenvalue weighted by Gasteiger charge is -2.32. The van der Waals surface area contributed by atoms with Crippen molar-refractivity contribution in [2.45, 2.75) is 26.2 Å². The molecule has 100 valence electrons. The number of carbonyl (C=O) groups excluding carboxylic acids is 2. The Morgan fingerprint density at radius 2 is 1.95 bits per heavy atom. The summed E-state index contributed by atoms with van der Waals surface area (Å²) in [6.07, 6.45) is 2.36. The fourth-order valence-electron chi connectivity index (χ4n) is 2.10. The summed E-state index contributed by atoms with van der Waals surface area (Å²) in [5.74, 6) is -1.14. The van der Waals surface area contributed by atoms with E-state index in [9.17, 15) is 9.59 Å². The Labute approximate surface area is 117 Å². The summed E-state index contributed by atoms with van der Waals surface area (Å²) in [5.41, 5.74) is 0.694. The van der Waals surface area contributed by atoms with Crippen molar-refractivity contribution in [1.82, 2.24) is 5.32 Å². The third-order valence-electron chi connectivity index (χ3n) is 3.13. The van der Waals surface area contributed by atoms with Gasteiger partial charge in [-0.05, 0) is 30.8 Å². The minimum Gasteiger partial charge on any atom is -0.302 e. The topological polar surface area (TPSA) is 49.4 Å². The molecular weight excluding hydrogens is 260 g/mol. The number of anilines is 1. The molecule has 1 aliphatic rings. The zero-order valence-electron chi connectivity index (χ0n) is 10.8. The van der Waals surface area contributed by atoms with Crippen LogP contribution in [0.3, 0.4) is 0 Å². The first-order valence-corrected chi connectivity index (χ1v) is 6.79. The molecule has 0 radical (unpaired) electrons. The molecule has 0 spiro atoms. The summed E-state index contributed by atoms with van der Waals surface area (Å²) >= 11 is 5.10. The first-order chi connectivity index (χ1) is 9.15. The lowest BCUT2D eigenvalue weighted by atomic mass is 9.97. The number of thiocarbonyl (C=S) groups is 1. The second-order valence-corrected chi connectivity index (χ2v) is 4.89. The number of carbonyl (C=O) groups is 2. The normalized spacial score (nSPS) is 19.5. The van der Waals surface area contributed by atoms with Gasteiger partial charge in [0.2, 0.25) is 11.8 Å². The third-order valence-corrected chi connectivity index (χ3v) is 3.41. The molecule has 0 bridgehead atoms. The van der Waals surface area contributed by atoms with E-state index in [0.717, 1.165) is 12.8 Å². The maximum atomic E-state index is 12.4. The predicted octanol–water partition coefficient (Wildman–Crippen LogP) is 2.24. The molecule has 0 saturated carbocycles. The van der Waals surface area contributed by atoms with Crippen LogP contribution in [0.5, 0.6) is 0 Å². The highest BCUT2D eigenvalue weighted by molar-refractivity contribution is 7.80. The average molecular weight is 276 g/mol. The molecule has 0 unspecified atom stereocenters. The highest BCUT2D eigenvalue weighted by Crippen LogP contribution is 2.23. The van der Waals surface area contributed by atoms with Crippen LogP contribution in [0.1, 0.15) is 26.2 Å². The monoisotopic (exact) mass is 276 g/mol. The molecule has 4 nitrogen and oxygen atoms in total. The van der Waals surface area contributed by atoms with Crippen LogP contribution >= 0.6 is 12.2 Å². The molecule has 0 aliphatic carbocycles. The largest absolute Gasteiger partial charge is 0.302 e. The molecule has 2 rings (SSSR count). The van der Waals surface area contributed by atoms with Gasteiger partial charge in [0.05, 0.1) is 5.69 Å². The number of nitrogens with one attached hydrogen (secondary N) is 1. The molecule has 1 heterocycles. The van der Waals surface area contributed by atoms with Crippen molar-refractivity contribution in [3.05, 3.63) is 30.3 Å². The van der Waals surface area contributed by atoms with E-state index < -0.39 is 5.92 Å². The Morgan fingerprint density at radius 3 is 2.58 bits per heavy atom. The lowest BCUT2D eigenvalue weighted by molar-refractivity contribution is -0.134. The lowest BCUT2D eigenvalue weighted by Crippen LogP contribution is -2.58. The van der Waals surface area contributed by atoms with Crippen LogP contribution in [0.4, 0.5) is 5.69 Å². The zero-order chi connectivity index (χ0) is 13.8. The van der Waals surface area contributed by atoms with Crippen LogP contribution in [0.25, 0.3) is 0 Å². The fourth-order valence-corrected chi connectivity index (χ4v) is 2.40. The second kappa shape index (κ2) is 5.93. The third kappa shape index (κ3) is 2.81. The van der Waals surface area contributed by atoms with Crippen LogP contribution in [-0.4, -0.2) is 16.9 Å². The van der Waals surface area contributed by atoms with Crippen LogP contribution in [0.15, 0.2) is 30.3 Å². The Kier molecular flexibility index (Phi) is 4.27. The van der Waals surface area contributed by atoms with Gasteiger partial charge >= 0.3 is 0 Å². The van der Waals surface area contributed by atoms with Crippen LogP contribution in [-0.2, 0) is 9.59 Å². The van der Waals surface area contributed by atoms with Crippen molar-refractivity contribution in [3.8, 4) is 0 Å². The minimum absolute atomic E-state index is 0.161.